The van der Waals surface area contributed by atoms with Crippen LogP contribution in [0.2, 0.25) is 0 Å². The maximum atomic E-state index is 13.4. The number of nitrogens with one attached hydrogen (secondary N) is 1. The zero-order valence-corrected chi connectivity index (χ0v) is 56.2. The lowest BCUT2D eigenvalue weighted by atomic mass is 9.97. The van der Waals surface area contributed by atoms with Crippen LogP contribution in [0.25, 0.3) is 0 Å². The highest BCUT2D eigenvalue weighted by molar-refractivity contribution is 5.76. The summed E-state index contributed by atoms with van der Waals surface area (Å²) in [6, 6.07) is -0.829. The van der Waals surface area contributed by atoms with Crippen molar-refractivity contribution in [1.29, 1.82) is 0 Å². The van der Waals surface area contributed by atoms with Gasteiger partial charge in [-0.05, 0) is 51.4 Å². The Hall–Kier alpha value is -2.05. The van der Waals surface area contributed by atoms with Gasteiger partial charge in [0.15, 0.2) is 12.6 Å². The Labute approximate surface area is 537 Å². The normalized spacial score (nSPS) is 23.4. The lowest BCUT2D eigenvalue weighted by Crippen LogP contribution is -2.65. The van der Waals surface area contributed by atoms with Crippen molar-refractivity contribution in [3.05, 3.63) is 48.6 Å². The first-order valence-electron chi connectivity index (χ1n) is 36.9. The van der Waals surface area contributed by atoms with E-state index in [9.17, 15) is 45.6 Å². The second-order valence-corrected chi connectivity index (χ2v) is 26.0. The maximum Gasteiger partial charge on any atom is 0.220 e. The summed E-state index contributed by atoms with van der Waals surface area (Å²) >= 11 is 0. The number of aliphatic hydroxyl groups is 8. The molecule has 12 unspecified atom stereocenters. The van der Waals surface area contributed by atoms with Gasteiger partial charge in [0.2, 0.25) is 5.91 Å². The molecule has 2 fully saturated rings. The first kappa shape index (κ1) is 82.0. The molecule has 0 aromatic rings. The number of carbonyl (C=O) groups is 1. The number of ether oxygens (including phenoxy) is 4. The molecule has 0 saturated carbocycles. The molecule has 2 rings (SSSR count). The third kappa shape index (κ3) is 42.2. The standard InChI is InChI=1S/C74H137NO13/c1-3-5-7-9-11-13-15-17-19-21-23-25-26-27-28-29-30-31-32-33-34-35-36-38-40-42-44-46-48-50-52-54-56-58-66(79)75-62(63(78)57-55-53-51-49-47-45-43-41-39-37-24-22-20-18-16-14-12-10-8-6-4-2)61-85-73-71(84)69(82)72(65(60-77)87-73)88-74-70(83)68(81)67(80)64(59-76)86-74/h5,7,11,13,17,19,23,25,62-65,67-74,76-78,80-84H,3-4,6,8-10,12,14-16,18,20-22,24,26-61H2,1-2H3,(H,75,79)/b7-5-,13-11-,19-17-,25-23-. The molecule has 88 heavy (non-hydrogen) atoms. The number of carbonyl (C=O) groups excluding carboxylic acids is 1. The van der Waals surface area contributed by atoms with Gasteiger partial charge in [0.05, 0.1) is 32.0 Å². The number of hydrogen-bond donors (Lipinski definition) is 9. The van der Waals surface area contributed by atoms with Crippen LogP contribution in [-0.2, 0) is 23.7 Å². The Balaban J connectivity index is 1.62. The van der Waals surface area contributed by atoms with Gasteiger partial charge in [-0.2, -0.15) is 0 Å². The molecule has 14 nitrogen and oxygen atoms in total. The zero-order valence-electron chi connectivity index (χ0n) is 56.2. The van der Waals surface area contributed by atoms with Crippen molar-refractivity contribution in [1.82, 2.24) is 5.32 Å². The zero-order chi connectivity index (χ0) is 63.8. The van der Waals surface area contributed by atoms with E-state index in [2.05, 4.69) is 67.8 Å². The van der Waals surface area contributed by atoms with Crippen LogP contribution in [0.15, 0.2) is 48.6 Å². The van der Waals surface area contributed by atoms with Crippen LogP contribution < -0.4 is 5.32 Å². The second-order valence-electron chi connectivity index (χ2n) is 26.0. The van der Waals surface area contributed by atoms with Gasteiger partial charge in [-0.1, -0.05) is 313 Å². The van der Waals surface area contributed by atoms with E-state index in [1.807, 2.05) is 0 Å². The Morgan fingerprint density at radius 1 is 0.420 bits per heavy atom. The Morgan fingerprint density at radius 3 is 1.20 bits per heavy atom. The van der Waals surface area contributed by atoms with E-state index in [1.165, 1.54) is 218 Å². The van der Waals surface area contributed by atoms with E-state index in [0.29, 0.717) is 12.8 Å². The summed E-state index contributed by atoms with van der Waals surface area (Å²) in [5.74, 6) is -0.201. The van der Waals surface area contributed by atoms with Crippen molar-refractivity contribution < 1.29 is 64.6 Å². The third-order valence-electron chi connectivity index (χ3n) is 18.1. The second kappa shape index (κ2) is 58.7. The van der Waals surface area contributed by atoms with E-state index >= 15 is 0 Å². The molecule has 2 aliphatic rings. The minimum atomic E-state index is -1.78. The van der Waals surface area contributed by atoms with Gasteiger partial charge < -0.3 is 65.1 Å². The molecule has 14 heteroatoms. The predicted octanol–water partition coefficient (Wildman–Crippen LogP) is 15.5. The topological polar surface area (TPSA) is 228 Å². The van der Waals surface area contributed by atoms with Crippen molar-refractivity contribution in [3.63, 3.8) is 0 Å². The number of hydrogen-bond acceptors (Lipinski definition) is 13. The summed E-state index contributed by atoms with van der Waals surface area (Å²) in [6.07, 6.45) is 59.9. The lowest BCUT2D eigenvalue weighted by molar-refractivity contribution is -0.359. The highest BCUT2D eigenvalue weighted by atomic mass is 16.7. The molecule has 0 spiro atoms. The average Bonchev–Trinajstić information content (AvgIpc) is 2.07. The van der Waals surface area contributed by atoms with Gasteiger partial charge in [-0.25, -0.2) is 0 Å². The number of amides is 1. The molecule has 2 saturated heterocycles. The number of rotatable bonds is 61. The van der Waals surface area contributed by atoms with Crippen LogP contribution in [0.5, 0.6) is 0 Å². The maximum absolute atomic E-state index is 13.4. The highest BCUT2D eigenvalue weighted by Crippen LogP contribution is 2.30. The van der Waals surface area contributed by atoms with Crippen LogP contribution in [0.1, 0.15) is 322 Å². The molecule has 12 atom stereocenters. The fraction of sp³-hybridized carbons (Fsp3) is 0.878. The van der Waals surface area contributed by atoms with Gasteiger partial charge in [0, 0.05) is 6.42 Å². The van der Waals surface area contributed by atoms with Crippen LogP contribution in [0.3, 0.4) is 0 Å². The molecule has 0 bridgehead atoms. The van der Waals surface area contributed by atoms with E-state index in [1.54, 1.807) is 0 Å². The molecule has 2 aliphatic heterocycles. The van der Waals surface area contributed by atoms with Crippen LogP contribution in [0.4, 0.5) is 0 Å². The van der Waals surface area contributed by atoms with Gasteiger partial charge in [0.25, 0.3) is 0 Å². The van der Waals surface area contributed by atoms with Crippen LogP contribution in [0, 0.1) is 0 Å². The van der Waals surface area contributed by atoms with Gasteiger partial charge in [0.1, 0.15) is 48.8 Å². The summed E-state index contributed by atoms with van der Waals surface area (Å²) in [6.45, 7) is 2.80. The van der Waals surface area contributed by atoms with E-state index in [0.717, 1.165) is 77.0 Å². The molecule has 9 N–H and O–H groups in total. The Bertz CT molecular complexity index is 1660. The van der Waals surface area contributed by atoms with Crippen LogP contribution in [-0.4, -0.2) is 140 Å². The van der Waals surface area contributed by atoms with Crippen molar-refractivity contribution in [2.45, 2.75) is 396 Å². The number of unbranched alkanes of at least 4 members (excludes halogenated alkanes) is 40. The highest BCUT2D eigenvalue weighted by Gasteiger charge is 2.51. The summed E-state index contributed by atoms with van der Waals surface area (Å²) < 4.78 is 22.9. The first-order valence-corrected chi connectivity index (χ1v) is 36.9. The molecule has 516 valence electrons. The van der Waals surface area contributed by atoms with Crippen molar-refractivity contribution in [2.75, 3.05) is 19.8 Å². The molecular weight excluding hydrogens is 1110 g/mol. The minimum absolute atomic E-state index is 0.201. The number of allylic oxidation sites excluding steroid dienone is 8. The SMILES string of the molecule is CC/C=C\C/C=C\C/C=C\C/C=C\CCCCCCCCCCCCCCCCCCCCCCC(=O)NC(COC1OC(CO)C(OC2OC(CO)C(O)C(O)C2O)C(O)C1O)C(O)CCCCCCCCCCCCCCCCCCCCCCC. The van der Waals surface area contributed by atoms with E-state index < -0.39 is 86.8 Å². The summed E-state index contributed by atoms with van der Waals surface area (Å²) in [5.41, 5.74) is 0. The monoisotopic (exact) mass is 1250 g/mol. The molecular formula is C74H137NO13. The largest absolute Gasteiger partial charge is 0.394 e. The quantitative estimate of drug-likeness (QED) is 0.0204. The van der Waals surface area contributed by atoms with Gasteiger partial charge in [-0.15, -0.1) is 0 Å². The first-order chi connectivity index (χ1) is 43.1. The Morgan fingerprint density at radius 2 is 0.784 bits per heavy atom. The fourth-order valence-corrected chi connectivity index (χ4v) is 12.2. The molecule has 2 heterocycles. The Kier molecular flexibility index (Phi) is 54.8. The summed E-state index contributed by atoms with van der Waals surface area (Å²) in [4.78, 5) is 13.4. The van der Waals surface area contributed by atoms with E-state index in [4.69, 9.17) is 18.9 Å². The summed E-state index contributed by atoms with van der Waals surface area (Å²) in [7, 11) is 0. The van der Waals surface area contributed by atoms with Crippen LogP contribution >= 0.6 is 0 Å². The van der Waals surface area contributed by atoms with Crippen molar-refractivity contribution in [3.8, 4) is 0 Å². The number of aliphatic hydroxyl groups excluding tert-OH is 8. The molecule has 0 aliphatic carbocycles. The van der Waals surface area contributed by atoms with Crippen molar-refractivity contribution in [2.24, 2.45) is 0 Å². The fourth-order valence-electron chi connectivity index (χ4n) is 12.2. The third-order valence-corrected chi connectivity index (χ3v) is 18.1. The average molecular weight is 1250 g/mol. The van der Waals surface area contributed by atoms with Crippen molar-refractivity contribution >= 4 is 5.91 Å². The summed E-state index contributed by atoms with van der Waals surface area (Å²) in [5, 5.41) is 87.7. The molecule has 0 aromatic heterocycles. The molecule has 1 amide bonds. The van der Waals surface area contributed by atoms with E-state index in [-0.39, 0.29) is 12.5 Å². The predicted molar refractivity (Wildman–Crippen MR) is 360 cm³/mol. The lowest BCUT2D eigenvalue weighted by Gasteiger charge is -2.46. The molecule has 0 aromatic carbocycles. The minimum Gasteiger partial charge on any atom is -0.394 e. The van der Waals surface area contributed by atoms with Gasteiger partial charge >= 0.3 is 0 Å². The van der Waals surface area contributed by atoms with Gasteiger partial charge in [-0.3, -0.25) is 4.79 Å². The molecule has 0 radical (unpaired) electrons. The smallest absolute Gasteiger partial charge is 0.220 e.